The van der Waals surface area contributed by atoms with Gasteiger partial charge < -0.3 is 9.47 Å². The zero-order valence-electron chi connectivity index (χ0n) is 14.0. The topological polar surface area (TPSA) is 34.6 Å². The first kappa shape index (κ1) is 16.4. The first-order chi connectivity index (χ1) is 11.1. The molecule has 0 N–H and O–H groups in total. The van der Waals surface area contributed by atoms with Gasteiger partial charge in [0.25, 0.3) is 0 Å². The summed E-state index contributed by atoms with van der Waals surface area (Å²) in [5.74, 6) is 0.907. The highest BCUT2D eigenvalue weighted by Gasteiger charge is 2.22. The highest BCUT2D eigenvalue weighted by molar-refractivity contribution is 7.13. The van der Waals surface area contributed by atoms with Crippen LogP contribution in [0.15, 0.2) is 29.6 Å². The third-order valence-corrected chi connectivity index (χ3v) is 4.79. The Hall–Kier alpha value is -1.43. The van der Waals surface area contributed by atoms with Crippen molar-refractivity contribution in [2.24, 2.45) is 0 Å². The van der Waals surface area contributed by atoms with E-state index < -0.39 is 0 Å². The minimum atomic E-state index is 0.294. The Kier molecular flexibility index (Phi) is 5.30. The third-order valence-electron chi connectivity index (χ3n) is 3.84. The van der Waals surface area contributed by atoms with E-state index in [1.54, 1.807) is 11.3 Å². The summed E-state index contributed by atoms with van der Waals surface area (Å²) in [4.78, 5) is 7.22. The predicted octanol–water partition coefficient (Wildman–Crippen LogP) is 3.82. The maximum absolute atomic E-state index is 5.79. The second-order valence-corrected chi connectivity index (χ2v) is 6.91. The molecule has 0 aliphatic carbocycles. The van der Waals surface area contributed by atoms with Gasteiger partial charge in [0.05, 0.1) is 24.5 Å². The Labute approximate surface area is 142 Å². The van der Waals surface area contributed by atoms with E-state index in [1.165, 1.54) is 0 Å². The van der Waals surface area contributed by atoms with Crippen molar-refractivity contribution in [3.05, 3.63) is 35.3 Å². The highest BCUT2D eigenvalue weighted by Crippen LogP contribution is 2.26. The van der Waals surface area contributed by atoms with Crippen LogP contribution in [0.2, 0.25) is 0 Å². The molecule has 0 bridgehead atoms. The van der Waals surface area contributed by atoms with E-state index >= 15 is 0 Å². The fraction of sp³-hybridized carbons (Fsp3) is 0.500. The number of aromatic nitrogens is 1. The maximum Gasteiger partial charge on any atom is 0.123 e. The molecule has 5 heteroatoms. The van der Waals surface area contributed by atoms with E-state index in [0.717, 1.165) is 41.6 Å². The van der Waals surface area contributed by atoms with Gasteiger partial charge in [-0.1, -0.05) is 0 Å². The number of rotatable bonds is 5. The molecule has 2 heterocycles. The number of benzene rings is 1. The summed E-state index contributed by atoms with van der Waals surface area (Å²) in [7, 11) is 0. The van der Waals surface area contributed by atoms with Crippen molar-refractivity contribution in [3.63, 3.8) is 0 Å². The molecule has 0 radical (unpaired) electrons. The van der Waals surface area contributed by atoms with E-state index in [2.05, 4.69) is 36.3 Å². The van der Waals surface area contributed by atoms with Gasteiger partial charge in [-0.3, -0.25) is 4.90 Å². The molecular formula is C18H24N2O2S. The summed E-state index contributed by atoms with van der Waals surface area (Å²) in [6.07, 6.45) is 0.589. The second kappa shape index (κ2) is 7.43. The lowest BCUT2D eigenvalue weighted by molar-refractivity contribution is -0.0707. The van der Waals surface area contributed by atoms with E-state index in [0.29, 0.717) is 18.8 Å². The fourth-order valence-electron chi connectivity index (χ4n) is 3.02. The van der Waals surface area contributed by atoms with Crippen LogP contribution in [0.25, 0.3) is 10.6 Å². The predicted molar refractivity (Wildman–Crippen MR) is 94.0 cm³/mol. The van der Waals surface area contributed by atoms with E-state index in [-0.39, 0.29) is 0 Å². The van der Waals surface area contributed by atoms with Gasteiger partial charge in [0.2, 0.25) is 0 Å². The van der Waals surface area contributed by atoms with E-state index in [9.17, 15) is 0 Å². The smallest absolute Gasteiger partial charge is 0.123 e. The molecule has 2 atom stereocenters. The normalized spacial score (nSPS) is 22.2. The first-order valence-electron chi connectivity index (χ1n) is 8.19. The number of ether oxygens (including phenoxy) is 2. The maximum atomic E-state index is 5.79. The number of thiazole rings is 1. The van der Waals surface area contributed by atoms with Crippen molar-refractivity contribution in [2.45, 2.75) is 39.5 Å². The molecule has 23 heavy (non-hydrogen) atoms. The largest absolute Gasteiger partial charge is 0.494 e. The zero-order valence-corrected chi connectivity index (χ0v) is 14.8. The van der Waals surface area contributed by atoms with Crippen molar-refractivity contribution < 1.29 is 9.47 Å². The molecule has 1 fully saturated rings. The average Bonchev–Trinajstić information content (AvgIpc) is 2.96. The van der Waals surface area contributed by atoms with Crippen molar-refractivity contribution >= 4 is 11.3 Å². The van der Waals surface area contributed by atoms with Crippen LogP contribution in [0.1, 0.15) is 26.5 Å². The molecule has 1 aliphatic rings. The van der Waals surface area contributed by atoms with Crippen molar-refractivity contribution in [2.75, 3.05) is 19.7 Å². The van der Waals surface area contributed by atoms with Crippen LogP contribution in [-0.4, -0.2) is 41.8 Å². The first-order valence-corrected chi connectivity index (χ1v) is 9.07. The summed E-state index contributed by atoms with van der Waals surface area (Å²) < 4.78 is 11.3. The molecule has 0 amide bonds. The van der Waals surface area contributed by atoms with Crippen LogP contribution < -0.4 is 4.74 Å². The Morgan fingerprint density at radius 1 is 1.22 bits per heavy atom. The molecule has 2 aromatic rings. The molecule has 1 aromatic carbocycles. The monoisotopic (exact) mass is 332 g/mol. The van der Waals surface area contributed by atoms with Gasteiger partial charge in [-0.25, -0.2) is 4.98 Å². The Bertz CT molecular complexity index is 616. The standard InChI is InChI=1S/C18H24N2O2S/c1-4-21-17-7-5-15(6-8-17)18-19-16(12-23-18)11-20-9-13(2)22-14(3)10-20/h5-8,12-14H,4,9-11H2,1-3H3. The fourth-order valence-corrected chi connectivity index (χ4v) is 3.83. The van der Waals surface area contributed by atoms with Crippen LogP contribution in [0.3, 0.4) is 0 Å². The summed E-state index contributed by atoms with van der Waals surface area (Å²) in [6, 6.07) is 8.16. The molecule has 0 spiro atoms. The van der Waals surface area contributed by atoms with E-state index in [4.69, 9.17) is 14.5 Å². The summed E-state index contributed by atoms with van der Waals surface area (Å²) in [6.45, 7) is 9.79. The summed E-state index contributed by atoms with van der Waals surface area (Å²) >= 11 is 1.70. The molecule has 4 nitrogen and oxygen atoms in total. The van der Waals surface area contributed by atoms with Crippen molar-refractivity contribution in [1.29, 1.82) is 0 Å². The lowest BCUT2D eigenvalue weighted by Gasteiger charge is -2.34. The number of hydrogen-bond acceptors (Lipinski definition) is 5. The SMILES string of the molecule is CCOc1ccc(-c2nc(CN3CC(C)OC(C)C3)cs2)cc1. The van der Waals surface area contributed by atoms with Gasteiger partial charge in [-0.2, -0.15) is 0 Å². The van der Waals surface area contributed by atoms with Gasteiger partial charge in [0.15, 0.2) is 0 Å². The Balaban J connectivity index is 1.65. The van der Waals surface area contributed by atoms with Crippen LogP contribution in [0.5, 0.6) is 5.75 Å². The molecular weight excluding hydrogens is 308 g/mol. The van der Waals surface area contributed by atoms with Crippen LogP contribution in [0.4, 0.5) is 0 Å². The average molecular weight is 332 g/mol. The molecule has 1 aliphatic heterocycles. The van der Waals surface area contributed by atoms with Crippen LogP contribution in [-0.2, 0) is 11.3 Å². The summed E-state index contributed by atoms with van der Waals surface area (Å²) in [5.41, 5.74) is 2.29. The van der Waals surface area contributed by atoms with Gasteiger partial charge in [-0.15, -0.1) is 11.3 Å². The molecule has 124 valence electrons. The van der Waals surface area contributed by atoms with E-state index in [1.807, 2.05) is 19.1 Å². The third kappa shape index (κ3) is 4.31. The van der Waals surface area contributed by atoms with Crippen LogP contribution >= 0.6 is 11.3 Å². The molecule has 1 aromatic heterocycles. The highest BCUT2D eigenvalue weighted by atomic mass is 32.1. The van der Waals surface area contributed by atoms with Gasteiger partial charge in [0.1, 0.15) is 10.8 Å². The van der Waals surface area contributed by atoms with Crippen molar-refractivity contribution in [3.8, 4) is 16.3 Å². The van der Waals surface area contributed by atoms with Crippen LogP contribution in [0, 0.1) is 0 Å². The Morgan fingerprint density at radius 2 is 1.91 bits per heavy atom. The molecule has 2 unspecified atom stereocenters. The number of nitrogens with zero attached hydrogens (tertiary/aromatic N) is 2. The number of morpholine rings is 1. The Morgan fingerprint density at radius 3 is 2.57 bits per heavy atom. The lowest BCUT2D eigenvalue weighted by Crippen LogP contribution is -2.44. The quantitative estimate of drug-likeness (QED) is 0.834. The minimum absolute atomic E-state index is 0.294. The molecule has 1 saturated heterocycles. The summed E-state index contributed by atoms with van der Waals surface area (Å²) in [5, 5.41) is 3.23. The van der Waals surface area contributed by atoms with Gasteiger partial charge in [0, 0.05) is 30.6 Å². The lowest BCUT2D eigenvalue weighted by atomic mass is 10.2. The van der Waals surface area contributed by atoms with Gasteiger partial charge >= 0.3 is 0 Å². The molecule has 3 rings (SSSR count). The number of hydrogen-bond donors (Lipinski definition) is 0. The molecule has 0 saturated carbocycles. The van der Waals surface area contributed by atoms with Crippen molar-refractivity contribution in [1.82, 2.24) is 9.88 Å². The zero-order chi connectivity index (χ0) is 16.2. The second-order valence-electron chi connectivity index (χ2n) is 6.05. The van der Waals surface area contributed by atoms with Gasteiger partial charge in [-0.05, 0) is 45.0 Å². The minimum Gasteiger partial charge on any atom is -0.494 e.